The molecule has 0 aliphatic heterocycles. The predicted octanol–water partition coefficient (Wildman–Crippen LogP) is 1.80. The molecule has 0 spiro atoms. The monoisotopic (exact) mass is 294 g/mol. The number of aryl methyl sites for hydroxylation is 1. The Morgan fingerprint density at radius 1 is 1.44 bits per heavy atom. The van der Waals surface area contributed by atoms with Crippen LogP contribution >= 0.6 is 11.6 Å². The summed E-state index contributed by atoms with van der Waals surface area (Å²) in [5.74, 6) is -0.543. The summed E-state index contributed by atoms with van der Waals surface area (Å²) in [6, 6.07) is 2.18. The fourth-order valence-corrected chi connectivity index (χ4v) is 3.02. The third-order valence-corrected chi connectivity index (χ3v) is 4.09. The fourth-order valence-electron chi connectivity index (χ4n) is 1.20. The normalized spacial score (nSPS) is 12.8. The predicted molar refractivity (Wildman–Crippen MR) is 69.6 cm³/mol. The maximum absolute atomic E-state index is 13.2. The molecule has 0 unspecified atom stereocenters. The number of sulfonamides is 1. The third-order valence-electron chi connectivity index (χ3n) is 2.22. The lowest BCUT2D eigenvalue weighted by atomic mass is 10.1. The van der Waals surface area contributed by atoms with E-state index in [-0.39, 0.29) is 22.0 Å². The molecule has 0 amide bonds. The van der Waals surface area contributed by atoms with Crippen molar-refractivity contribution < 1.29 is 12.8 Å². The zero-order valence-corrected chi connectivity index (χ0v) is 12.0. The molecule has 3 N–H and O–H groups in total. The average Bonchev–Trinajstić information content (AvgIpc) is 2.19. The quantitative estimate of drug-likeness (QED) is 0.889. The highest BCUT2D eigenvalue weighted by molar-refractivity contribution is 7.89. The Balaban J connectivity index is 3.10. The molecule has 1 aromatic carbocycles. The van der Waals surface area contributed by atoms with Crippen molar-refractivity contribution in [2.45, 2.75) is 31.2 Å². The van der Waals surface area contributed by atoms with Crippen molar-refractivity contribution in [3.8, 4) is 0 Å². The van der Waals surface area contributed by atoms with Gasteiger partial charge in [0, 0.05) is 12.1 Å². The molecule has 18 heavy (non-hydrogen) atoms. The SMILES string of the molecule is Cc1cc(S(=O)(=O)NCC(C)(C)N)c(Cl)cc1F. The number of nitrogens with one attached hydrogen (secondary N) is 1. The minimum atomic E-state index is -3.79. The molecule has 1 aromatic rings. The van der Waals surface area contributed by atoms with Crippen molar-refractivity contribution in [2.75, 3.05) is 6.54 Å². The lowest BCUT2D eigenvalue weighted by Crippen LogP contribution is -2.45. The molecule has 0 aliphatic carbocycles. The van der Waals surface area contributed by atoms with E-state index in [0.717, 1.165) is 6.07 Å². The first-order chi connectivity index (χ1) is 8.03. The van der Waals surface area contributed by atoms with E-state index in [9.17, 15) is 12.8 Å². The highest BCUT2D eigenvalue weighted by atomic mass is 35.5. The van der Waals surface area contributed by atoms with Gasteiger partial charge in [-0.05, 0) is 38.5 Å². The van der Waals surface area contributed by atoms with E-state index in [2.05, 4.69) is 4.72 Å². The van der Waals surface area contributed by atoms with Gasteiger partial charge >= 0.3 is 0 Å². The Labute approximate surface area is 111 Å². The summed E-state index contributed by atoms with van der Waals surface area (Å²) in [7, 11) is -3.79. The minimum Gasteiger partial charge on any atom is -0.324 e. The Kier molecular flexibility index (Phi) is 4.38. The molecular formula is C11H16ClFN2O2S. The summed E-state index contributed by atoms with van der Waals surface area (Å²) >= 11 is 5.75. The van der Waals surface area contributed by atoms with Crippen LogP contribution in [0.5, 0.6) is 0 Å². The summed E-state index contributed by atoms with van der Waals surface area (Å²) in [4.78, 5) is -0.146. The Hall–Kier alpha value is -0.690. The van der Waals surface area contributed by atoms with Crippen molar-refractivity contribution in [3.05, 3.63) is 28.5 Å². The van der Waals surface area contributed by atoms with Gasteiger partial charge in [-0.25, -0.2) is 17.5 Å². The summed E-state index contributed by atoms with van der Waals surface area (Å²) in [5.41, 5.74) is 5.22. The summed E-state index contributed by atoms with van der Waals surface area (Å²) in [6.07, 6.45) is 0. The summed E-state index contributed by atoms with van der Waals surface area (Å²) < 4.78 is 39.5. The number of hydrogen-bond acceptors (Lipinski definition) is 3. The molecule has 0 saturated heterocycles. The van der Waals surface area contributed by atoms with Crippen LogP contribution in [-0.4, -0.2) is 20.5 Å². The number of rotatable bonds is 4. The lowest BCUT2D eigenvalue weighted by molar-refractivity contribution is 0.498. The molecule has 102 valence electrons. The van der Waals surface area contributed by atoms with E-state index in [1.165, 1.54) is 13.0 Å². The van der Waals surface area contributed by atoms with Gasteiger partial charge in [-0.1, -0.05) is 11.6 Å². The van der Waals surface area contributed by atoms with Gasteiger partial charge in [-0.15, -0.1) is 0 Å². The Morgan fingerprint density at radius 2 is 2.00 bits per heavy atom. The van der Waals surface area contributed by atoms with Gasteiger partial charge < -0.3 is 5.73 Å². The van der Waals surface area contributed by atoms with Crippen LogP contribution in [0.4, 0.5) is 4.39 Å². The lowest BCUT2D eigenvalue weighted by Gasteiger charge is -2.19. The number of halogens is 2. The molecule has 7 heteroatoms. The van der Waals surface area contributed by atoms with E-state index in [1.807, 2.05) is 0 Å². The molecule has 1 rings (SSSR count). The number of hydrogen-bond donors (Lipinski definition) is 2. The molecule has 4 nitrogen and oxygen atoms in total. The second-order valence-corrected chi connectivity index (χ2v) is 6.99. The van der Waals surface area contributed by atoms with Gasteiger partial charge in [0.15, 0.2) is 0 Å². The summed E-state index contributed by atoms with van der Waals surface area (Å²) in [6.45, 7) is 4.90. The van der Waals surface area contributed by atoms with E-state index in [4.69, 9.17) is 17.3 Å². The third kappa shape index (κ3) is 3.91. The van der Waals surface area contributed by atoms with E-state index >= 15 is 0 Å². The smallest absolute Gasteiger partial charge is 0.242 e. The van der Waals surface area contributed by atoms with Gasteiger partial charge in [-0.3, -0.25) is 0 Å². The van der Waals surface area contributed by atoms with Gasteiger partial charge in [0.25, 0.3) is 0 Å². The van der Waals surface area contributed by atoms with E-state index in [0.29, 0.717) is 0 Å². The van der Waals surface area contributed by atoms with E-state index < -0.39 is 21.4 Å². The van der Waals surface area contributed by atoms with Crippen LogP contribution in [0.2, 0.25) is 5.02 Å². The van der Waals surface area contributed by atoms with Gasteiger partial charge in [0.2, 0.25) is 10.0 Å². The molecule has 0 heterocycles. The zero-order valence-electron chi connectivity index (χ0n) is 10.4. The first kappa shape index (κ1) is 15.4. The molecule has 0 radical (unpaired) electrons. The van der Waals surface area contributed by atoms with Crippen LogP contribution in [0.1, 0.15) is 19.4 Å². The Morgan fingerprint density at radius 3 is 2.50 bits per heavy atom. The van der Waals surface area contributed by atoms with Crippen molar-refractivity contribution >= 4 is 21.6 Å². The van der Waals surface area contributed by atoms with Crippen molar-refractivity contribution in [1.29, 1.82) is 0 Å². The maximum atomic E-state index is 13.2. The van der Waals surface area contributed by atoms with Gasteiger partial charge in [-0.2, -0.15) is 0 Å². The topological polar surface area (TPSA) is 72.2 Å². The fraction of sp³-hybridized carbons (Fsp3) is 0.455. The minimum absolute atomic E-state index is 0.0576. The zero-order chi connectivity index (χ0) is 14.1. The summed E-state index contributed by atoms with van der Waals surface area (Å²) in [5, 5.41) is -0.152. The largest absolute Gasteiger partial charge is 0.324 e. The van der Waals surface area contributed by atoms with Crippen molar-refractivity contribution in [2.24, 2.45) is 5.73 Å². The van der Waals surface area contributed by atoms with Crippen LogP contribution < -0.4 is 10.5 Å². The highest BCUT2D eigenvalue weighted by Crippen LogP contribution is 2.24. The second kappa shape index (κ2) is 5.13. The van der Waals surface area contributed by atoms with E-state index in [1.54, 1.807) is 13.8 Å². The highest BCUT2D eigenvalue weighted by Gasteiger charge is 2.22. The van der Waals surface area contributed by atoms with Gasteiger partial charge in [0.1, 0.15) is 10.7 Å². The molecular weight excluding hydrogens is 279 g/mol. The van der Waals surface area contributed by atoms with Crippen LogP contribution in [0.25, 0.3) is 0 Å². The first-order valence-corrected chi connectivity index (χ1v) is 7.13. The number of nitrogens with two attached hydrogens (primary N) is 1. The molecule has 0 fully saturated rings. The number of benzene rings is 1. The molecule has 0 saturated carbocycles. The first-order valence-electron chi connectivity index (χ1n) is 5.27. The van der Waals surface area contributed by atoms with Crippen molar-refractivity contribution in [1.82, 2.24) is 4.72 Å². The second-order valence-electron chi connectivity index (χ2n) is 4.84. The molecule has 0 aromatic heterocycles. The maximum Gasteiger partial charge on any atom is 0.242 e. The molecule has 0 bridgehead atoms. The van der Waals surface area contributed by atoms with Crippen LogP contribution in [0.3, 0.4) is 0 Å². The average molecular weight is 295 g/mol. The van der Waals surface area contributed by atoms with Crippen LogP contribution in [0, 0.1) is 12.7 Å². The van der Waals surface area contributed by atoms with Crippen molar-refractivity contribution in [3.63, 3.8) is 0 Å². The van der Waals surface area contributed by atoms with Gasteiger partial charge in [0.05, 0.1) is 5.02 Å². The van der Waals surface area contributed by atoms with Crippen LogP contribution in [-0.2, 0) is 10.0 Å². The molecule has 0 aliphatic rings. The standard InChI is InChI=1S/C11H16ClFN2O2S/c1-7-4-10(8(12)5-9(7)13)18(16,17)15-6-11(2,3)14/h4-5,15H,6,14H2,1-3H3. The Bertz CT molecular complexity index is 553. The van der Waals surface area contributed by atoms with Crippen LogP contribution in [0.15, 0.2) is 17.0 Å². The molecule has 0 atom stereocenters.